The molecule has 1 aliphatic carbocycles. The standard InChI is InChI=1S/C32H34ClN5O4S/c1-32(14-15-32)23-42-30-29(21-34-38(31(30)39)28-9-5-6-25(33)20-28)36-16-18-37(19-17-36)43(40,41)22-24-10-12-27(13-11-24)35-26-7-3-2-4-8-26/h2-13,20-21,35H,14-19,22-23H2,1H3. The van der Waals surface area contributed by atoms with Crippen LogP contribution in [-0.2, 0) is 15.8 Å². The molecule has 224 valence electrons. The fourth-order valence-corrected chi connectivity index (χ4v) is 6.77. The highest BCUT2D eigenvalue weighted by atomic mass is 35.5. The summed E-state index contributed by atoms with van der Waals surface area (Å²) >= 11 is 6.17. The van der Waals surface area contributed by atoms with Crippen molar-refractivity contribution in [2.75, 3.05) is 43.0 Å². The van der Waals surface area contributed by atoms with Gasteiger partial charge in [-0.1, -0.05) is 54.9 Å². The second kappa shape index (κ2) is 12.0. The third-order valence-electron chi connectivity index (χ3n) is 7.97. The SMILES string of the molecule is CC1(COc2c(N3CCN(S(=O)(=O)Cc4ccc(Nc5ccccc5)cc4)CC3)cnn(-c3cccc(Cl)c3)c2=O)CC1. The second-order valence-corrected chi connectivity index (χ2v) is 13.9. The number of hydrogen-bond acceptors (Lipinski definition) is 7. The summed E-state index contributed by atoms with van der Waals surface area (Å²) in [5.74, 6) is 0.145. The Morgan fingerprint density at radius 1 is 0.930 bits per heavy atom. The Morgan fingerprint density at radius 3 is 2.30 bits per heavy atom. The van der Waals surface area contributed by atoms with Gasteiger partial charge in [-0.15, -0.1) is 0 Å². The highest BCUT2D eigenvalue weighted by molar-refractivity contribution is 7.88. The quantitative estimate of drug-likeness (QED) is 0.252. The molecule has 1 aromatic heterocycles. The van der Waals surface area contributed by atoms with Crippen molar-refractivity contribution in [1.82, 2.24) is 14.1 Å². The van der Waals surface area contributed by atoms with E-state index in [-0.39, 0.29) is 22.5 Å². The minimum atomic E-state index is -3.54. The van der Waals surface area contributed by atoms with E-state index in [4.69, 9.17) is 16.3 Å². The van der Waals surface area contributed by atoms with Gasteiger partial charge in [-0.2, -0.15) is 14.1 Å². The average molecular weight is 620 g/mol. The molecule has 0 atom stereocenters. The first kappa shape index (κ1) is 29.2. The van der Waals surface area contributed by atoms with Crippen molar-refractivity contribution in [1.29, 1.82) is 0 Å². The van der Waals surface area contributed by atoms with E-state index in [1.165, 1.54) is 8.99 Å². The molecule has 1 N–H and O–H groups in total. The summed E-state index contributed by atoms with van der Waals surface area (Å²) in [4.78, 5) is 15.6. The van der Waals surface area contributed by atoms with Crippen LogP contribution in [0.15, 0.2) is 89.9 Å². The molecule has 6 rings (SSSR count). The Kier molecular flexibility index (Phi) is 8.17. The van der Waals surface area contributed by atoms with Crippen LogP contribution in [-0.4, -0.2) is 55.3 Å². The van der Waals surface area contributed by atoms with Gasteiger partial charge in [0.15, 0.2) is 0 Å². The molecule has 0 unspecified atom stereocenters. The van der Waals surface area contributed by atoms with Gasteiger partial charge in [0.25, 0.3) is 0 Å². The van der Waals surface area contributed by atoms with Crippen molar-refractivity contribution in [3.05, 3.63) is 106 Å². The number of nitrogens with one attached hydrogen (secondary N) is 1. The number of ether oxygens (including phenoxy) is 1. The third kappa shape index (κ3) is 6.87. The van der Waals surface area contributed by atoms with E-state index in [1.807, 2.05) is 59.5 Å². The van der Waals surface area contributed by atoms with E-state index < -0.39 is 10.0 Å². The number of aromatic nitrogens is 2. The van der Waals surface area contributed by atoms with E-state index in [9.17, 15) is 13.2 Å². The number of piperazine rings is 1. The molecule has 43 heavy (non-hydrogen) atoms. The summed E-state index contributed by atoms with van der Waals surface area (Å²) in [7, 11) is -3.54. The van der Waals surface area contributed by atoms with Gasteiger partial charge in [0.1, 0.15) is 5.69 Å². The molecule has 0 bridgehead atoms. The van der Waals surface area contributed by atoms with Crippen LogP contribution in [0.4, 0.5) is 17.1 Å². The number of nitrogens with zero attached hydrogens (tertiary/aromatic N) is 4. The molecular formula is C32H34ClN5O4S. The predicted molar refractivity (Wildman–Crippen MR) is 170 cm³/mol. The summed E-state index contributed by atoms with van der Waals surface area (Å²) in [6.45, 7) is 3.99. The monoisotopic (exact) mass is 619 g/mol. The van der Waals surface area contributed by atoms with Crippen molar-refractivity contribution in [3.63, 3.8) is 0 Å². The molecule has 9 nitrogen and oxygen atoms in total. The van der Waals surface area contributed by atoms with E-state index in [0.717, 1.165) is 29.8 Å². The number of anilines is 3. The van der Waals surface area contributed by atoms with Gasteiger partial charge >= 0.3 is 5.56 Å². The summed E-state index contributed by atoms with van der Waals surface area (Å²) in [5, 5.41) is 8.24. The van der Waals surface area contributed by atoms with Crippen molar-refractivity contribution in [3.8, 4) is 11.4 Å². The summed E-state index contributed by atoms with van der Waals surface area (Å²) in [6.07, 6.45) is 3.74. The lowest BCUT2D eigenvalue weighted by Gasteiger charge is -2.35. The number of para-hydroxylation sites is 1. The Labute approximate surface area is 256 Å². The second-order valence-electron chi connectivity index (χ2n) is 11.5. The summed E-state index contributed by atoms with van der Waals surface area (Å²) in [5.41, 5.74) is 3.39. The lowest BCUT2D eigenvalue weighted by atomic mass is 10.2. The topological polar surface area (TPSA) is 96.8 Å². The largest absolute Gasteiger partial charge is 0.486 e. The van der Waals surface area contributed by atoms with E-state index in [2.05, 4.69) is 17.3 Å². The molecule has 2 aliphatic rings. The van der Waals surface area contributed by atoms with Gasteiger partial charge in [0.2, 0.25) is 15.8 Å². The lowest BCUT2D eigenvalue weighted by molar-refractivity contribution is 0.242. The Hall–Kier alpha value is -3.86. The minimum Gasteiger partial charge on any atom is -0.486 e. The van der Waals surface area contributed by atoms with Crippen LogP contribution in [0.2, 0.25) is 5.02 Å². The van der Waals surface area contributed by atoms with Crippen molar-refractivity contribution in [2.24, 2.45) is 5.41 Å². The van der Waals surface area contributed by atoms with Gasteiger partial charge in [-0.05, 0) is 60.9 Å². The molecule has 1 aliphatic heterocycles. The third-order valence-corrected chi connectivity index (χ3v) is 10.1. The van der Waals surface area contributed by atoms with Gasteiger partial charge in [0, 0.05) is 48.0 Å². The molecule has 2 heterocycles. The van der Waals surface area contributed by atoms with Crippen LogP contribution in [0.5, 0.6) is 5.75 Å². The zero-order chi connectivity index (χ0) is 30.0. The molecule has 11 heteroatoms. The van der Waals surface area contributed by atoms with Crippen LogP contribution >= 0.6 is 11.6 Å². The maximum atomic E-state index is 13.6. The number of rotatable bonds is 10. The number of halogens is 1. The predicted octanol–water partition coefficient (Wildman–Crippen LogP) is 5.46. The first-order chi connectivity index (χ1) is 20.7. The smallest absolute Gasteiger partial charge is 0.316 e. The highest BCUT2D eigenvalue weighted by Crippen LogP contribution is 2.45. The van der Waals surface area contributed by atoms with Crippen LogP contribution in [0.3, 0.4) is 0 Å². The molecule has 0 radical (unpaired) electrons. The number of benzene rings is 3. The van der Waals surface area contributed by atoms with Crippen LogP contribution < -0.4 is 20.5 Å². The summed E-state index contributed by atoms with van der Waals surface area (Å²) in [6, 6.07) is 24.2. The normalized spacial score (nSPS) is 16.6. The van der Waals surface area contributed by atoms with Crippen LogP contribution in [0.1, 0.15) is 25.3 Å². The van der Waals surface area contributed by atoms with Crippen molar-refractivity contribution >= 4 is 38.7 Å². The first-order valence-corrected chi connectivity index (χ1v) is 16.3. The Bertz CT molecular complexity index is 1750. The minimum absolute atomic E-state index is 0.0659. The molecule has 0 amide bonds. The molecular weight excluding hydrogens is 586 g/mol. The molecule has 3 aromatic carbocycles. The molecule has 1 saturated heterocycles. The molecule has 0 spiro atoms. The maximum absolute atomic E-state index is 13.6. The van der Waals surface area contributed by atoms with Gasteiger partial charge in [0.05, 0.1) is 24.2 Å². The lowest BCUT2D eigenvalue weighted by Crippen LogP contribution is -2.49. The highest BCUT2D eigenvalue weighted by Gasteiger charge is 2.39. The van der Waals surface area contributed by atoms with E-state index in [0.29, 0.717) is 49.2 Å². The fraction of sp³-hybridized carbons (Fsp3) is 0.312. The van der Waals surface area contributed by atoms with Crippen molar-refractivity contribution in [2.45, 2.75) is 25.5 Å². The van der Waals surface area contributed by atoms with Crippen molar-refractivity contribution < 1.29 is 13.2 Å². The molecule has 2 fully saturated rings. The number of sulfonamides is 1. The van der Waals surface area contributed by atoms with E-state index in [1.54, 1.807) is 30.5 Å². The zero-order valence-electron chi connectivity index (χ0n) is 23.9. The van der Waals surface area contributed by atoms with E-state index >= 15 is 0 Å². The maximum Gasteiger partial charge on any atom is 0.316 e. The number of hydrogen-bond donors (Lipinski definition) is 1. The Balaban J connectivity index is 1.14. The van der Waals surface area contributed by atoms with Gasteiger partial charge in [-0.3, -0.25) is 4.79 Å². The first-order valence-electron chi connectivity index (χ1n) is 14.3. The molecule has 4 aromatic rings. The summed E-state index contributed by atoms with van der Waals surface area (Å²) < 4.78 is 35.7. The zero-order valence-corrected chi connectivity index (χ0v) is 25.5. The average Bonchev–Trinajstić information content (AvgIpc) is 3.75. The molecule has 1 saturated carbocycles. The van der Waals surface area contributed by atoms with Gasteiger partial charge < -0.3 is 15.0 Å². The van der Waals surface area contributed by atoms with Crippen LogP contribution in [0, 0.1) is 5.41 Å². The van der Waals surface area contributed by atoms with Gasteiger partial charge in [-0.25, -0.2) is 8.42 Å². The van der Waals surface area contributed by atoms with Crippen LogP contribution in [0.25, 0.3) is 5.69 Å². The Morgan fingerprint density at radius 2 is 1.63 bits per heavy atom. The fourth-order valence-electron chi connectivity index (χ4n) is 5.07.